The van der Waals surface area contributed by atoms with Crippen LogP contribution in [0.5, 0.6) is 0 Å². The summed E-state index contributed by atoms with van der Waals surface area (Å²) >= 11 is 0. The number of nitrogens with two attached hydrogens (primary N) is 1. The van der Waals surface area contributed by atoms with Gasteiger partial charge in [-0.15, -0.1) is 0 Å². The van der Waals surface area contributed by atoms with Crippen LogP contribution in [-0.4, -0.2) is 17.1 Å². The second-order valence-electron chi connectivity index (χ2n) is 4.73. The van der Waals surface area contributed by atoms with Crippen LogP contribution in [-0.2, 0) is 4.79 Å². The van der Waals surface area contributed by atoms with Crippen LogP contribution in [0.15, 0.2) is 0 Å². The normalized spacial score (nSPS) is 27.9. The maximum absolute atomic E-state index is 10.5. The van der Waals surface area contributed by atoms with E-state index in [1.54, 1.807) is 0 Å². The molecule has 15 heavy (non-hydrogen) atoms. The summed E-state index contributed by atoms with van der Waals surface area (Å²) in [5.41, 5.74) is 5.47. The molecule has 0 aromatic carbocycles. The van der Waals surface area contributed by atoms with Gasteiger partial charge >= 0.3 is 5.97 Å². The number of rotatable bonds is 6. The Morgan fingerprint density at radius 1 is 1.47 bits per heavy atom. The van der Waals surface area contributed by atoms with E-state index in [0.717, 1.165) is 18.3 Å². The van der Waals surface area contributed by atoms with Crippen molar-refractivity contribution in [1.82, 2.24) is 0 Å². The van der Waals surface area contributed by atoms with Crippen LogP contribution in [0.2, 0.25) is 0 Å². The second-order valence-corrected chi connectivity index (χ2v) is 4.73. The molecule has 1 aliphatic carbocycles. The lowest BCUT2D eigenvalue weighted by Crippen LogP contribution is -2.29. The standard InChI is InChI=1S/C12H23NO2/c1-2-9-5-3-6-10(9)7-4-8-11(13)12(14)15/h9-11H,2-8,13H2,1H3,(H,14,15). The summed E-state index contributed by atoms with van der Waals surface area (Å²) in [7, 11) is 0. The molecule has 1 fully saturated rings. The van der Waals surface area contributed by atoms with E-state index in [4.69, 9.17) is 10.8 Å². The second kappa shape index (κ2) is 6.11. The van der Waals surface area contributed by atoms with Crippen LogP contribution in [0.25, 0.3) is 0 Å². The van der Waals surface area contributed by atoms with Crippen molar-refractivity contribution >= 4 is 5.97 Å². The zero-order chi connectivity index (χ0) is 11.3. The zero-order valence-electron chi connectivity index (χ0n) is 9.61. The molecule has 3 heteroatoms. The van der Waals surface area contributed by atoms with Gasteiger partial charge in [0.15, 0.2) is 0 Å². The maximum Gasteiger partial charge on any atom is 0.320 e. The molecule has 3 atom stereocenters. The maximum atomic E-state index is 10.5. The van der Waals surface area contributed by atoms with Crippen molar-refractivity contribution in [1.29, 1.82) is 0 Å². The van der Waals surface area contributed by atoms with E-state index in [2.05, 4.69) is 6.92 Å². The minimum absolute atomic E-state index is 0.627. The van der Waals surface area contributed by atoms with Crippen LogP contribution in [0.4, 0.5) is 0 Å². The fourth-order valence-electron chi connectivity index (χ4n) is 2.75. The summed E-state index contributed by atoms with van der Waals surface area (Å²) in [4.78, 5) is 10.5. The van der Waals surface area contributed by atoms with E-state index < -0.39 is 12.0 Å². The van der Waals surface area contributed by atoms with E-state index in [9.17, 15) is 4.79 Å². The van der Waals surface area contributed by atoms with Crippen LogP contribution >= 0.6 is 0 Å². The minimum Gasteiger partial charge on any atom is -0.480 e. The third kappa shape index (κ3) is 3.82. The number of carbonyl (C=O) groups is 1. The first kappa shape index (κ1) is 12.5. The molecule has 0 heterocycles. The summed E-state index contributed by atoms with van der Waals surface area (Å²) in [6.07, 6.45) is 8.09. The van der Waals surface area contributed by atoms with Gasteiger partial charge < -0.3 is 10.8 Å². The Kier molecular flexibility index (Phi) is 5.09. The average Bonchev–Trinajstić information content (AvgIpc) is 2.65. The molecule has 0 saturated heterocycles. The minimum atomic E-state index is -0.867. The Balaban J connectivity index is 2.17. The van der Waals surface area contributed by atoms with Crippen molar-refractivity contribution in [3.05, 3.63) is 0 Å². The Morgan fingerprint density at radius 3 is 2.73 bits per heavy atom. The van der Waals surface area contributed by atoms with Gasteiger partial charge in [-0.25, -0.2) is 0 Å². The molecule has 88 valence electrons. The number of carboxylic acids is 1. The van der Waals surface area contributed by atoms with Gasteiger partial charge in [0, 0.05) is 0 Å². The molecular weight excluding hydrogens is 190 g/mol. The van der Waals surface area contributed by atoms with E-state index >= 15 is 0 Å². The molecule has 0 aromatic rings. The van der Waals surface area contributed by atoms with Crippen molar-refractivity contribution in [2.75, 3.05) is 0 Å². The third-order valence-electron chi connectivity index (χ3n) is 3.75. The monoisotopic (exact) mass is 213 g/mol. The Labute approximate surface area is 92.0 Å². The van der Waals surface area contributed by atoms with Crippen LogP contribution in [0.1, 0.15) is 51.9 Å². The summed E-state index contributed by atoms with van der Waals surface area (Å²) < 4.78 is 0. The van der Waals surface area contributed by atoms with Crippen LogP contribution in [0.3, 0.4) is 0 Å². The number of carboxylic acid groups (broad SMARTS) is 1. The smallest absolute Gasteiger partial charge is 0.320 e. The lowest BCUT2D eigenvalue weighted by molar-refractivity contribution is -0.138. The molecule has 3 unspecified atom stereocenters. The average molecular weight is 213 g/mol. The first-order chi connectivity index (χ1) is 7.15. The third-order valence-corrected chi connectivity index (χ3v) is 3.75. The molecule has 1 saturated carbocycles. The molecule has 0 amide bonds. The van der Waals surface area contributed by atoms with Crippen molar-refractivity contribution in [2.45, 2.75) is 57.9 Å². The molecule has 0 aliphatic heterocycles. The number of hydrogen-bond acceptors (Lipinski definition) is 2. The molecule has 1 aliphatic rings. The van der Waals surface area contributed by atoms with Crippen LogP contribution < -0.4 is 5.73 Å². The van der Waals surface area contributed by atoms with E-state index in [0.29, 0.717) is 6.42 Å². The molecule has 0 spiro atoms. The number of aliphatic carboxylic acids is 1. The van der Waals surface area contributed by atoms with Crippen molar-refractivity contribution in [3.8, 4) is 0 Å². The van der Waals surface area contributed by atoms with Gasteiger partial charge in [-0.3, -0.25) is 4.79 Å². The lowest BCUT2D eigenvalue weighted by atomic mass is 9.89. The molecule has 1 rings (SSSR count). The Morgan fingerprint density at radius 2 is 2.13 bits per heavy atom. The van der Waals surface area contributed by atoms with E-state index in [1.165, 1.54) is 32.1 Å². The highest BCUT2D eigenvalue weighted by atomic mass is 16.4. The highest BCUT2D eigenvalue weighted by molar-refractivity contribution is 5.72. The topological polar surface area (TPSA) is 63.3 Å². The zero-order valence-corrected chi connectivity index (χ0v) is 9.61. The largest absolute Gasteiger partial charge is 0.480 e. The Bertz CT molecular complexity index is 206. The van der Waals surface area contributed by atoms with Gasteiger partial charge in [0.05, 0.1) is 0 Å². The predicted molar refractivity (Wildman–Crippen MR) is 60.6 cm³/mol. The van der Waals surface area contributed by atoms with Crippen molar-refractivity contribution in [3.63, 3.8) is 0 Å². The summed E-state index contributed by atoms with van der Waals surface area (Å²) in [5, 5.41) is 8.65. The summed E-state index contributed by atoms with van der Waals surface area (Å²) in [5.74, 6) is 0.843. The summed E-state index contributed by atoms with van der Waals surface area (Å²) in [6.45, 7) is 2.26. The quantitative estimate of drug-likeness (QED) is 0.712. The lowest BCUT2D eigenvalue weighted by Gasteiger charge is -2.18. The first-order valence-corrected chi connectivity index (χ1v) is 6.13. The molecule has 0 bridgehead atoms. The fourth-order valence-corrected chi connectivity index (χ4v) is 2.75. The van der Waals surface area contributed by atoms with Crippen molar-refractivity contribution < 1.29 is 9.90 Å². The molecule has 0 radical (unpaired) electrons. The highest BCUT2D eigenvalue weighted by Gasteiger charge is 2.25. The SMILES string of the molecule is CCC1CCCC1CCCC(N)C(=O)O. The molecule has 0 aromatic heterocycles. The number of hydrogen-bond donors (Lipinski definition) is 2. The van der Waals surface area contributed by atoms with Gasteiger partial charge in [-0.1, -0.05) is 45.4 Å². The molecular formula is C12H23NO2. The fraction of sp³-hybridized carbons (Fsp3) is 0.917. The van der Waals surface area contributed by atoms with E-state index in [1.807, 2.05) is 0 Å². The Hall–Kier alpha value is -0.570. The van der Waals surface area contributed by atoms with E-state index in [-0.39, 0.29) is 0 Å². The van der Waals surface area contributed by atoms with Crippen molar-refractivity contribution in [2.24, 2.45) is 17.6 Å². The highest BCUT2D eigenvalue weighted by Crippen LogP contribution is 2.37. The van der Waals surface area contributed by atoms with Gasteiger partial charge in [-0.05, 0) is 18.3 Å². The molecule has 3 N–H and O–H groups in total. The first-order valence-electron chi connectivity index (χ1n) is 6.13. The van der Waals surface area contributed by atoms with Gasteiger partial charge in [0.25, 0.3) is 0 Å². The molecule has 3 nitrogen and oxygen atoms in total. The van der Waals surface area contributed by atoms with Gasteiger partial charge in [0.2, 0.25) is 0 Å². The predicted octanol–water partition coefficient (Wildman–Crippen LogP) is 2.39. The summed E-state index contributed by atoms with van der Waals surface area (Å²) in [6, 6.07) is -0.661. The van der Waals surface area contributed by atoms with Gasteiger partial charge in [0.1, 0.15) is 6.04 Å². The van der Waals surface area contributed by atoms with Crippen LogP contribution in [0, 0.1) is 11.8 Å². The van der Waals surface area contributed by atoms with Gasteiger partial charge in [-0.2, -0.15) is 0 Å².